The molecule has 110 valence electrons. The number of alkyl halides is 2. The number of ether oxygens (including phenoxy) is 2. The van der Waals surface area contributed by atoms with Gasteiger partial charge in [-0.2, -0.15) is 8.78 Å². The first-order valence-corrected chi connectivity index (χ1v) is 6.16. The van der Waals surface area contributed by atoms with Crippen LogP contribution in [0.4, 0.5) is 8.78 Å². The zero-order valence-electron chi connectivity index (χ0n) is 11.2. The number of esters is 2. The van der Waals surface area contributed by atoms with Gasteiger partial charge in [0, 0.05) is 6.54 Å². The number of rotatable bonds is 6. The molecule has 0 bridgehead atoms. The summed E-state index contributed by atoms with van der Waals surface area (Å²) in [7, 11) is 1.26. The van der Waals surface area contributed by atoms with Crippen molar-refractivity contribution in [2.24, 2.45) is 5.92 Å². The summed E-state index contributed by atoms with van der Waals surface area (Å²) in [6.45, 7) is 3.87. The van der Waals surface area contributed by atoms with Crippen LogP contribution in [0, 0.1) is 5.92 Å². The van der Waals surface area contributed by atoms with Gasteiger partial charge < -0.3 is 14.8 Å². The summed E-state index contributed by atoms with van der Waals surface area (Å²) in [5, 5.41) is 2.82. The smallest absolute Gasteiger partial charge is 0.377 e. The molecule has 0 radical (unpaired) electrons. The van der Waals surface area contributed by atoms with Crippen molar-refractivity contribution in [3.8, 4) is 0 Å². The van der Waals surface area contributed by atoms with Crippen LogP contribution in [-0.2, 0) is 19.1 Å². The minimum atomic E-state index is -3.43. The van der Waals surface area contributed by atoms with E-state index in [2.05, 4.69) is 14.8 Å². The van der Waals surface area contributed by atoms with E-state index >= 15 is 0 Å². The second kappa shape index (κ2) is 6.27. The normalized spacial score (nSPS) is 23.3. The van der Waals surface area contributed by atoms with Crippen LogP contribution in [0.3, 0.4) is 0 Å². The minimum absolute atomic E-state index is 0.00775. The van der Waals surface area contributed by atoms with Crippen LogP contribution in [0.5, 0.6) is 0 Å². The molecule has 0 aliphatic carbocycles. The molecule has 1 saturated heterocycles. The van der Waals surface area contributed by atoms with Gasteiger partial charge >= 0.3 is 17.9 Å². The lowest BCUT2D eigenvalue weighted by Gasteiger charge is -2.19. The molecule has 0 spiro atoms. The number of hydrogen-bond donors (Lipinski definition) is 1. The lowest BCUT2D eigenvalue weighted by molar-refractivity contribution is -0.159. The molecule has 1 N–H and O–H groups in total. The van der Waals surface area contributed by atoms with Gasteiger partial charge in [-0.1, -0.05) is 13.8 Å². The number of cyclic esters (lactones) is 1. The molecule has 1 heterocycles. The zero-order valence-corrected chi connectivity index (χ0v) is 11.2. The Morgan fingerprint density at radius 1 is 1.58 bits per heavy atom. The van der Waals surface area contributed by atoms with Crippen LogP contribution in [0.2, 0.25) is 0 Å². The van der Waals surface area contributed by atoms with Crippen LogP contribution >= 0.6 is 0 Å². The molecule has 1 aliphatic rings. The molecule has 2 unspecified atom stereocenters. The van der Waals surface area contributed by atoms with Gasteiger partial charge in [0.2, 0.25) is 0 Å². The summed E-state index contributed by atoms with van der Waals surface area (Å²) in [4.78, 5) is 22.3. The van der Waals surface area contributed by atoms with Crippen LogP contribution < -0.4 is 5.32 Å². The maximum absolute atomic E-state index is 13.0. The number of methoxy groups -OCH3 is 1. The van der Waals surface area contributed by atoms with Crippen molar-refractivity contribution in [3.05, 3.63) is 0 Å². The Morgan fingerprint density at radius 2 is 2.21 bits per heavy atom. The van der Waals surface area contributed by atoms with Crippen LogP contribution in [-0.4, -0.2) is 43.7 Å². The second-order valence-corrected chi connectivity index (χ2v) is 5.05. The standard InChI is InChI=1S/C12H19F2NO4/c1-7(2)4-9(10(16)18-3)15-6-8-5-12(13,14)11(17)19-8/h7-9,15H,4-6H2,1-3H3. The second-order valence-electron chi connectivity index (χ2n) is 5.05. The predicted octanol–water partition coefficient (Wildman–Crippen LogP) is 1.11. The van der Waals surface area contributed by atoms with Crippen LogP contribution in [0.25, 0.3) is 0 Å². The Balaban J connectivity index is 2.49. The summed E-state index contributed by atoms with van der Waals surface area (Å²) in [6, 6.07) is -0.585. The third kappa shape index (κ3) is 4.41. The number of hydrogen-bond acceptors (Lipinski definition) is 5. The molecular weight excluding hydrogens is 260 g/mol. The number of halogens is 2. The maximum atomic E-state index is 13.0. The van der Waals surface area contributed by atoms with Gasteiger partial charge in [-0.25, -0.2) is 4.79 Å². The Kier molecular flexibility index (Phi) is 5.22. The highest BCUT2D eigenvalue weighted by Crippen LogP contribution is 2.30. The lowest BCUT2D eigenvalue weighted by atomic mass is 10.0. The van der Waals surface area contributed by atoms with E-state index < -0.39 is 36.4 Å². The summed E-state index contributed by atoms with van der Waals surface area (Å²) in [5.74, 6) is -5.14. The summed E-state index contributed by atoms with van der Waals surface area (Å²) in [5.41, 5.74) is 0. The molecule has 19 heavy (non-hydrogen) atoms. The van der Waals surface area contributed by atoms with Gasteiger partial charge in [-0.05, 0) is 12.3 Å². The molecule has 0 amide bonds. The first-order valence-electron chi connectivity index (χ1n) is 6.16. The molecule has 5 nitrogen and oxygen atoms in total. The van der Waals surface area contributed by atoms with Crippen molar-refractivity contribution in [3.63, 3.8) is 0 Å². The van der Waals surface area contributed by atoms with E-state index in [0.717, 1.165) is 0 Å². The third-order valence-corrected chi connectivity index (χ3v) is 2.84. The van der Waals surface area contributed by atoms with Crippen molar-refractivity contribution in [1.29, 1.82) is 0 Å². The van der Waals surface area contributed by atoms with Gasteiger partial charge in [0.15, 0.2) is 0 Å². The molecule has 0 aromatic carbocycles. The van der Waals surface area contributed by atoms with Gasteiger partial charge in [0.25, 0.3) is 0 Å². The molecule has 1 aliphatic heterocycles. The van der Waals surface area contributed by atoms with Crippen LogP contribution in [0.1, 0.15) is 26.7 Å². The predicted molar refractivity (Wildman–Crippen MR) is 62.7 cm³/mol. The van der Waals surface area contributed by atoms with Crippen molar-refractivity contribution >= 4 is 11.9 Å². The van der Waals surface area contributed by atoms with Gasteiger partial charge in [0.1, 0.15) is 12.1 Å². The highest BCUT2D eigenvalue weighted by molar-refractivity contribution is 5.79. The van der Waals surface area contributed by atoms with Crippen molar-refractivity contribution in [2.45, 2.75) is 44.8 Å². The van der Waals surface area contributed by atoms with Gasteiger partial charge in [0.05, 0.1) is 13.5 Å². The fourth-order valence-corrected chi connectivity index (χ4v) is 1.91. The Labute approximate surface area is 110 Å². The fourth-order valence-electron chi connectivity index (χ4n) is 1.91. The molecule has 0 aromatic heterocycles. The third-order valence-electron chi connectivity index (χ3n) is 2.84. The summed E-state index contributed by atoms with van der Waals surface area (Å²) in [6.07, 6.45) is -1.06. The number of nitrogens with one attached hydrogen (secondary N) is 1. The Morgan fingerprint density at radius 3 is 2.63 bits per heavy atom. The van der Waals surface area contributed by atoms with Crippen LogP contribution in [0.15, 0.2) is 0 Å². The van der Waals surface area contributed by atoms with E-state index in [1.54, 1.807) is 0 Å². The quantitative estimate of drug-likeness (QED) is 0.738. The number of carbonyl (C=O) groups is 2. The van der Waals surface area contributed by atoms with Gasteiger partial charge in [-0.3, -0.25) is 4.79 Å². The first kappa shape index (κ1) is 15.8. The van der Waals surface area contributed by atoms with E-state index in [4.69, 9.17) is 0 Å². The average Bonchev–Trinajstić information content (AvgIpc) is 2.57. The first-order chi connectivity index (χ1) is 8.76. The zero-order chi connectivity index (χ0) is 14.6. The molecule has 7 heteroatoms. The lowest BCUT2D eigenvalue weighted by Crippen LogP contribution is -2.42. The molecule has 0 saturated carbocycles. The van der Waals surface area contributed by atoms with Crippen molar-refractivity contribution in [2.75, 3.05) is 13.7 Å². The minimum Gasteiger partial charge on any atom is -0.468 e. The highest BCUT2D eigenvalue weighted by Gasteiger charge is 2.50. The monoisotopic (exact) mass is 279 g/mol. The maximum Gasteiger partial charge on any atom is 0.377 e. The summed E-state index contributed by atoms with van der Waals surface area (Å²) >= 11 is 0. The fraction of sp³-hybridized carbons (Fsp3) is 0.833. The molecule has 1 rings (SSSR count). The largest absolute Gasteiger partial charge is 0.468 e. The van der Waals surface area contributed by atoms with Crippen molar-refractivity contribution < 1.29 is 27.8 Å². The SMILES string of the molecule is COC(=O)C(CC(C)C)NCC1CC(F)(F)C(=O)O1. The van der Waals surface area contributed by atoms with E-state index in [9.17, 15) is 18.4 Å². The highest BCUT2D eigenvalue weighted by atomic mass is 19.3. The average molecular weight is 279 g/mol. The topological polar surface area (TPSA) is 64.6 Å². The summed E-state index contributed by atoms with van der Waals surface area (Å²) < 4.78 is 35.1. The van der Waals surface area contributed by atoms with E-state index in [-0.39, 0.29) is 12.5 Å². The molecule has 2 atom stereocenters. The van der Waals surface area contributed by atoms with Gasteiger partial charge in [-0.15, -0.1) is 0 Å². The Hall–Kier alpha value is -1.24. The molecular formula is C12H19F2NO4. The molecule has 1 fully saturated rings. The van der Waals surface area contributed by atoms with Crippen molar-refractivity contribution in [1.82, 2.24) is 5.32 Å². The van der Waals surface area contributed by atoms with E-state index in [0.29, 0.717) is 6.42 Å². The van der Waals surface area contributed by atoms with E-state index in [1.165, 1.54) is 7.11 Å². The number of carbonyl (C=O) groups excluding carboxylic acids is 2. The molecule has 0 aromatic rings. The van der Waals surface area contributed by atoms with E-state index in [1.807, 2.05) is 13.8 Å². The Bertz CT molecular complexity index is 347.